The highest BCUT2D eigenvalue weighted by Crippen LogP contribution is 2.22. The van der Waals surface area contributed by atoms with Crippen LogP contribution in [0.2, 0.25) is 5.02 Å². The summed E-state index contributed by atoms with van der Waals surface area (Å²) in [4.78, 5) is 23.6. The van der Waals surface area contributed by atoms with Gasteiger partial charge in [-0.3, -0.25) is 9.59 Å². The molecule has 0 bridgehead atoms. The second-order valence-corrected chi connectivity index (χ2v) is 5.10. The summed E-state index contributed by atoms with van der Waals surface area (Å²) in [6.07, 6.45) is 0.202. The number of nitrogens with two attached hydrogens (primary N) is 1. The molecule has 0 fully saturated rings. The fourth-order valence-corrected chi connectivity index (χ4v) is 2.09. The minimum atomic E-state index is -0.188. The van der Waals surface area contributed by atoms with Gasteiger partial charge in [0.15, 0.2) is 0 Å². The molecule has 0 aliphatic rings. The summed E-state index contributed by atoms with van der Waals surface area (Å²) in [5, 5.41) is 3.17. The van der Waals surface area contributed by atoms with Gasteiger partial charge in [-0.2, -0.15) is 0 Å². The third kappa shape index (κ3) is 3.86. The third-order valence-electron chi connectivity index (χ3n) is 3.11. The van der Waals surface area contributed by atoms with E-state index in [2.05, 4.69) is 5.32 Å². The van der Waals surface area contributed by atoms with Gasteiger partial charge in [0.05, 0.1) is 10.7 Å². The minimum absolute atomic E-state index is 0.112. The first-order valence-electron chi connectivity index (χ1n) is 6.48. The zero-order valence-electron chi connectivity index (χ0n) is 11.6. The number of nitrogen functional groups attached to an aromatic ring is 1. The van der Waals surface area contributed by atoms with Crippen LogP contribution < -0.4 is 16.6 Å². The van der Waals surface area contributed by atoms with Crippen molar-refractivity contribution in [2.24, 2.45) is 0 Å². The Morgan fingerprint density at radius 3 is 2.76 bits per heavy atom. The molecule has 0 aliphatic heterocycles. The highest BCUT2D eigenvalue weighted by molar-refractivity contribution is 6.33. The Morgan fingerprint density at radius 2 is 2.10 bits per heavy atom. The van der Waals surface area contributed by atoms with Crippen molar-refractivity contribution < 1.29 is 4.79 Å². The van der Waals surface area contributed by atoms with E-state index in [1.165, 1.54) is 6.07 Å². The second-order valence-electron chi connectivity index (χ2n) is 4.69. The van der Waals surface area contributed by atoms with Crippen molar-refractivity contribution in [2.45, 2.75) is 19.9 Å². The van der Waals surface area contributed by atoms with Crippen LogP contribution in [0.3, 0.4) is 0 Å². The summed E-state index contributed by atoms with van der Waals surface area (Å²) in [5.74, 6) is -0.188. The number of amides is 1. The van der Waals surface area contributed by atoms with E-state index < -0.39 is 0 Å². The number of carbonyl (C=O) groups excluding carboxylic acids is 1. The Hall–Kier alpha value is -2.27. The molecule has 0 saturated heterocycles. The SMILES string of the molecule is Cc1cccc(=O)n1CCC(=O)Nc1ccc(Cl)c(N)c1. The van der Waals surface area contributed by atoms with Crippen LogP contribution in [0.4, 0.5) is 11.4 Å². The number of nitrogens with zero attached hydrogens (tertiary/aromatic N) is 1. The number of halogens is 1. The zero-order valence-corrected chi connectivity index (χ0v) is 12.4. The number of pyridine rings is 1. The lowest BCUT2D eigenvalue weighted by Gasteiger charge is -2.10. The molecule has 5 nitrogen and oxygen atoms in total. The summed E-state index contributed by atoms with van der Waals surface area (Å²) in [7, 11) is 0. The van der Waals surface area contributed by atoms with Crippen LogP contribution in [0.25, 0.3) is 0 Å². The predicted molar refractivity (Wildman–Crippen MR) is 84.6 cm³/mol. The highest BCUT2D eigenvalue weighted by atomic mass is 35.5. The van der Waals surface area contributed by atoms with Crippen LogP contribution in [0.5, 0.6) is 0 Å². The largest absolute Gasteiger partial charge is 0.397 e. The van der Waals surface area contributed by atoms with Crippen molar-refractivity contribution >= 4 is 28.9 Å². The minimum Gasteiger partial charge on any atom is -0.397 e. The average molecular weight is 306 g/mol. The van der Waals surface area contributed by atoms with Gasteiger partial charge in [-0.25, -0.2) is 0 Å². The van der Waals surface area contributed by atoms with Crippen molar-refractivity contribution in [3.63, 3.8) is 0 Å². The molecule has 2 rings (SSSR count). The van der Waals surface area contributed by atoms with Gasteiger partial charge in [-0.1, -0.05) is 17.7 Å². The van der Waals surface area contributed by atoms with Crippen LogP contribution in [0.15, 0.2) is 41.2 Å². The van der Waals surface area contributed by atoms with Gasteiger partial charge in [0.25, 0.3) is 5.56 Å². The van der Waals surface area contributed by atoms with Crippen molar-refractivity contribution in [3.8, 4) is 0 Å². The molecule has 2 aromatic rings. The maximum absolute atomic E-state index is 11.9. The number of carbonyl (C=O) groups is 1. The van der Waals surface area contributed by atoms with Crippen LogP contribution >= 0.6 is 11.6 Å². The predicted octanol–water partition coefficient (Wildman–Crippen LogP) is 2.42. The maximum atomic E-state index is 11.9. The number of hydrogen-bond acceptors (Lipinski definition) is 3. The van der Waals surface area contributed by atoms with Gasteiger partial charge >= 0.3 is 0 Å². The molecular weight excluding hydrogens is 290 g/mol. The standard InChI is InChI=1S/C15H16ClN3O2/c1-10-3-2-4-15(21)19(10)8-7-14(20)18-11-5-6-12(16)13(17)9-11/h2-6,9H,7-8,17H2,1H3,(H,18,20). The number of hydrogen-bond donors (Lipinski definition) is 2. The first kappa shape index (κ1) is 15.1. The molecule has 6 heteroatoms. The Morgan fingerprint density at radius 1 is 1.33 bits per heavy atom. The lowest BCUT2D eigenvalue weighted by atomic mass is 10.2. The molecule has 110 valence electrons. The van der Waals surface area contributed by atoms with Crippen molar-refractivity contribution in [1.29, 1.82) is 0 Å². The summed E-state index contributed by atoms with van der Waals surface area (Å²) in [5.41, 5.74) is 7.37. The Labute approximate surface area is 127 Å². The van der Waals surface area contributed by atoms with Crippen LogP contribution in [0.1, 0.15) is 12.1 Å². The molecule has 1 aromatic heterocycles. The second kappa shape index (κ2) is 6.45. The van der Waals surface area contributed by atoms with Crippen LogP contribution in [-0.2, 0) is 11.3 Å². The first-order valence-corrected chi connectivity index (χ1v) is 6.86. The summed E-state index contributed by atoms with van der Waals surface area (Å²) >= 11 is 5.82. The number of aromatic nitrogens is 1. The van der Waals surface area contributed by atoms with E-state index >= 15 is 0 Å². The van der Waals surface area contributed by atoms with E-state index in [0.717, 1.165) is 5.69 Å². The van der Waals surface area contributed by atoms with E-state index in [4.69, 9.17) is 17.3 Å². The van der Waals surface area contributed by atoms with Crippen molar-refractivity contribution in [2.75, 3.05) is 11.1 Å². The fourth-order valence-electron chi connectivity index (χ4n) is 1.97. The Bertz CT molecular complexity index is 725. The normalized spacial score (nSPS) is 10.4. The highest BCUT2D eigenvalue weighted by Gasteiger charge is 2.06. The van der Waals surface area contributed by atoms with Crippen molar-refractivity contribution in [1.82, 2.24) is 4.57 Å². The average Bonchev–Trinajstić information content (AvgIpc) is 2.42. The number of nitrogens with one attached hydrogen (secondary N) is 1. The van der Waals surface area contributed by atoms with Gasteiger partial charge in [-0.05, 0) is 31.2 Å². The van der Waals surface area contributed by atoms with Gasteiger partial charge < -0.3 is 15.6 Å². The number of aryl methyl sites for hydroxylation is 1. The monoisotopic (exact) mass is 305 g/mol. The molecule has 0 saturated carbocycles. The van der Waals surface area contributed by atoms with Gasteiger partial charge in [0, 0.05) is 30.4 Å². The van der Waals surface area contributed by atoms with Gasteiger partial charge in [-0.15, -0.1) is 0 Å². The fraction of sp³-hybridized carbons (Fsp3) is 0.200. The van der Waals surface area contributed by atoms with E-state index in [1.807, 2.05) is 13.0 Å². The number of rotatable bonds is 4. The summed E-state index contributed by atoms with van der Waals surface area (Å²) in [6, 6.07) is 9.91. The lowest BCUT2D eigenvalue weighted by Crippen LogP contribution is -2.24. The molecule has 0 aliphatic carbocycles. The molecule has 0 unspecified atom stereocenters. The molecule has 1 amide bonds. The van der Waals surface area contributed by atoms with E-state index in [1.54, 1.807) is 28.8 Å². The summed E-state index contributed by atoms with van der Waals surface area (Å²) in [6.45, 7) is 2.17. The molecule has 1 heterocycles. The molecular formula is C15H16ClN3O2. The maximum Gasteiger partial charge on any atom is 0.250 e. The van der Waals surface area contributed by atoms with Gasteiger partial charge in [0.2, 0.25) is 5.91 Å². The molecule has 0 atom stereocenters. The van der Waals surface area contributed by atoms with E-state index in [-0.39, 0.29) is 17.9 Å². The van der Waals surface area contributed by atoms with E-state index in [9.17, 15) is 9.59 Å². The Kier molecular flexibility index (Phi) is 4.65. The van der Waals surface area contributed by atoms with Crippen molar-refractivity contribution in [3.05, 3.63) is 57.5 Å². The zero-order chi connectivity index (χ0) is 15.4. The first-order chi connectivity index (χ1) is 9.97. The van der Waals surface area contributed by atoms with Crippen LogP contribution in [-0.4, -0.2) is 10.5 Å². The van der Waals surface area contributed by atoms with E-state index in [0.29, 0.717) is 22.9 Å². The molecule has 0 radical (unpaired) electrons. The third-order valence-corrected chi connectivity index (χ3v) is 3.45. The quantitative estimate of drug-likeness (QED) is 0.852. The summed E-state index contributed by atoms with van der Waals surface area (Å²) < 4.78 is 1.57. The topological polar surface area (TPSA) is 77.1 Å². The molecule has 21 heavy (non-hydrogen) atoms. The number of anilines is 2. The molecule has 3 N–H and O–H groups in total. The Balaban J connectivity index is 1.99. The van der Waals surface area contributed by atoms with Gasteiger partial charge in [0.1, 0.15) is 0 Å². The molecule has 1 aromatic carbocycles. The lowest BCUT2D eigenvalue weighted by molar-refractivity contribution is -0.116. The smallest absolute Gasteiger partial charge is 0.250 e. The van der Waals surface area contributed by atoms with Crippen LogP contribution in [0, 0.1) is 6.92 Å². The number of benzene rings is 1. The molecule has 0 spiro atoms.